The fourth-order valence-electron chi connectivity index (χ4n) is 1.93. The van der Waals surface area contributed by atoms with Gasteiger partial charge in [-0.2, -0.15) is 0 Å². The monoisotopic (exact) mass is 307 g/mol. The van der Waals surface area contributed by atoms with E-state index in [0.717, 1.165) is 19.3 Å². The molecule has 0 aromatic heterocycles. The van der Waals surface area contributed by atoms with Crippen LogP contribution in [0.2, 0.25) is 18.1 Å². The Morgan fingerprint density at radius 1 is 1.26 bits per heavy atom. The van der Waals surface area contributed by atoms with Crippen LogP contribution in [0.25, 0.3) is 0 Å². The number of hydrogen-bond donors (Lipinski definition) is 1. The third-order valence-electron chi connectivity index (χ3n) is 4.32. The molecule has 4 nitrogen and oxygen atoms in total. The number of nitrogens with one attached hydrogen (secondary N) is 1. The van der Waals surface area contributed by atoms with Crippen LogP contribution in [0.15, 0.2) is 0 Å². The first-order chi connectivity index (χ1) is 8.56. The Morgan fingerprint density at radius 3 is 2.42 bits per heavy atom. The summed E-state index contributed by atoms with van der Waals surface area (Å²) in [5, 5.41) is 2.99. The van der Waals surface area contributed by atoms with Crippen LogP contribution < -0.4 is 5.32 Å². The lowest BCUT2D eigenvalue weighted by Crippen LogP contribution is -2.45. The van der Waals surface area contributed by atoms with Gasteiger partial charge in [-0.1, -0.05) is 20.8 Å². The van der Waals surface area contributed by atoms with Gasteiger partial charge in [-0.25, -0.2) is 8.42 Å². The van der Waals surface area contributed by atoms with Crippen molar-refractivity contribution in [2.45, 2.75) is 63.5 Å². The molecule has 0 saturated carbocycles. The average Bonchev–Trinajstić information content (AvgIpc) is 2.24. The second-order valence-electron chi connectivity index (χ2n) is 6.91. The lowest BCUT2D eigenvalue weighted by molar-refractivity contribution is 0.282. The zero-order chi connectivity index (χ0) is 14.7. The predicted molar refractivity (Wildman–Crippen MR) is 82.6 cm³/mol. The first kappa shape index (κ1) is 17.1. The van der Waals surface area contributed by atoms with Gasteiger partial charge in [0.05, 0.1) is 5.75 Å². The van der Waals surface area contributed by atoms with Crippen molar-refractivity contribution < 1.29 is 12.8 Å². The molecule has 1 saturated heterocycles. The van der Waals surface area contributed by atoms with Crippen molar-refractivity contribution in [3.63, 3.8) is 0 Å². The normalized spacial score (nSPS) is 24.4. The lowest BCUT2D eigenvalue weighted by Gasteiger charge is -2.36. The molecule has 1 unspecified atom stereocenters. The quantitative estimate of drug-likeness (QED) is 0.626. The van der Waals surface area contributed by atoms with Crippen molar-refractivity contribution in [1.82, 2.24) is 5.32 Å². The van der Waals surface area contributed by atoms with Gasteiger partial charge >= 0.3 is 0 Å². The second kappa shape index (κ2) is 6.24. The standard InChI is InChI=1S/C13H29NO3SSi/c1-13(2,3)19(4,5)17-10-9-14-12-8-6-7-11-18(12,15)16/h12,14H,6-11H2,1-5H3. The maximum Gasteiger partial charge on any atom is 0.192 e. The molecule has 19 heavy (non-hydrogen) atoms. The zero-order valence-electron chi connectivity index (χ0n) is 13.0. The Morgan fingerprint density at radius 2 is 1.89 bits per heavy atom. The van der Waals surface area contributed by atoms with Gasteiger partial charge in [-0.3, -0.25) is 5.32 Å². The molecule has 6 heteroatoms. The third-order valence-corrected chi connectivity index (χ3v) is 11.0. The molecule has 114 valence electrons. The van der Waals surface area contributed by atoms with Gasteiger partial charge in [-0.15, -0.1) is 0 Å². The summed E-state index contributed by atoms with van der Waals surface area (Å²) in [5.74, 6) is 0.327. The van der Waals surface area contributed by atoms with Crippen LogP contribution in [0.3, 0.4) is 0 Å². The molecule has 0 spiro atoms. The summed E-state index contributed by atoms with van der Waals surface area (Å²) >= 11 is 0. The average molecular weight is 308 g/mol. The van der Waals surface area contributed by atoms with Gasteiger partial charge in [0.25, 0.3) is 0 Å². The molecular formula is C13H29NO3SSi. The number of sulfone groups is 1. The minimum Gasteiger partial charge on any atom is -0.416 e. The molecule has 0 bridgehead atoms. The SMILES string of the molecule is CC(C)(C)[Si](C)(C)OCCNC1CCCCS1(=O)=O. The van der Waals surface area contributed by atoms with Gasteiger partial charge < -0.3 is 4.43 Å². The van der Waals surface area contributed by atoms with E-state index in [-0.39, 0.29) is 10.4 Å². The Bertz CT molecular complexity index is 387. The number of hydrogen-bond acceptors (Lipinski definition) is 4. The Hall–Kier alpha value is 0.0869. The van der Waals surface area contributed by atoms with Crippen LogP contribution >= 0.6 is 0 Å². The maximum absolute atomic E-state index is 11.8. The van der Waals surface area contributed by atoms with E-state index in [1.165, 1.54) is 0 Å². The maximum atomic E-state index is 11.8. The van der Waals surface area contributed by atoms with E-state index >= 15 is 0 Å². The molecule has 1 N–H and O–H groups in total. The molecule has 0 aliphatic carbocycles. The summed E-state index contributed by atoms with van der Waals surface area (Å²) in [6.45, 7) is 12.3. The van der Waals surface area contributed by atoms with E-state index in [2.05, 4.69) is 39.2 Å². The van der Waals surface area contributed by atoms with Crippen molar-refractivity contribution in [3.8, 4) is 0 Å². The molecule has 1 aliphatic heterocycles. The van der Waals surface area contributed by atoms with E-state index in [1.54, 1.807) is 0 Å². The van der Waals surface area contributed by atoms with Crippen LogP contribution in [0, 0.1) is 0 Å². The zero-order valence-corrected chi connectivity index (χ0v) is 14.8. The molecule has 1 aliphatic rings. The highest BCUT2D eigenvalue weighted by Crippen LogP contribution is 2.36. The predicted octanol–water partition coefficient (Wildman–Crippen LogP) is 2.52. The fourth-order valence-corrected chi connectivity index (χ4v) is 4.76. The van der Waals surface area contributed by atoms with Gasteiger partial charge in [0, 0.05) is 13.2 Å². The van der Waals surface area contributed by atoms with Crippen molar-refractivity contribution in [2.75, 3.05) is 18.9 Å². The summed E-state index contributed by atoms with van der Waals surface area (Å²) in [6.07, 6.45) is 2.55. The highest BCUT2D eigenvalue weighted by Gasteiger charge is 2.37. The Labute approximate surface area is 119 Å². The van der Waals surface area contributed by atoms with E-state index in [0.29, 0.717) is 18.9 Å². The minimum atomic E-state index is -2.92. The van der Waals surface area contributed by atoms with Gasteiger partial charge in [0.15, 0.2) is 18.2 Å². The van der Waals surface area contributed by atoms with Crippen LogP contribution in [0.1, 0.15) is 40.0 Å². The first-order valence-corrected chi connectivity index (χ1v) is 11.8. The van der Waals surface area contributed by atoms with Crippen molar-refractivity contribution >= 4 is 18.2 Å². The van der Waals surface area contributed by atoms with E-state index in [4.69, 9.17) is 4.43 Å². The molecule has 1 fully saturated rings. The molecule has 0 aromatic rings. The van der Waals surface area contributed by atoms with Crippen LogP contribution in [-0.2, 0) is 14.3 Å². The smallest absolute Gasteiger partial charge is 0.192 e. The summed E-state index contributed by atoms with van der Waals surface area (Å²) in [6, 6.07) is 0. The van der Waals surface area contributed by atoms with Crippen molar-refractivity contribution in [1.29, 1.82) is 0 Å². The topological polar surface area (TPSA) is 55.4 Å². The molecule has 1 rings (SSSR count). The third kappa shape index (κ3) is 4.84. The molecule has 0 aromatic carbocycles. The van der Waals surface area contributed by atoms with Crippen LogP contribution in [-0.4, -0.2) is 41.0 Å². The van der Waals surface area contributed by atoms with Crippen LogP contribution in [0.5, 0.6) is 0 Å². The molecule has 0 amide bonds. The Kier molecular flexibility index (Phi) is 5.63. The van der Waals surface area contributed by atoms with E-state index in [1.807, 2.05) is 0 Å². The van der Waals surface area contributed by atoms with Gasteiger partial charge in [0.2, 0.25) is 0 Å². The highest BCUT2D eigenvalue weighted by molar-refractivity contribution is 7.92. The highest BCUT2D eigenvalue weighted by atomic mass is 32.2. The van der Waals surface area contributed by atoms with Crippen molar-refractivity contribution in [3.05, 3.63) is 0 Å². The molecule has 1 heterocycles. The summed E-state index contributed by atoms with van der Waals surface area (Å²) < 4.78 is 29.7. The Balaban J connectivity index is 2.35. The van der Waals surface area contributed by atoms with Crippen molar-refractivity contribution in [2.24, 2.45) is 0 Å². The second-order valence-corrected chi connectivity index (χ2v) is 14.0. The molecule has 1 atom stereocenters. The van der Waals surface area contributed by atoms with E-state index < -0.39 is 18.2 Å². The van der Waals surface area contributed by atoms with Gasteiger partial charge in [-0.05, 0) is 37.4 Å². The summed E-state index contributed by atoms with van der Waals surface area (Å²) in [7, 11) is -4.64. The first-order valence-electron chi connectivity index (χ1n) is 7.15. The molecular weight excluding hydrogens is 278 g/mol. The minimum absolute atomic E-state index is 0.198. The largest absolute Gasteiger partial charge is 0.416 e. The fraction of sp³-hybridized carbons (Fsp3) is 1.00. The lowest BCUT2D eigenvalue weighted by atomic mass is 10.2. The van der Waals surface area contributed by atoms with Gasteiger partial charge in [0.1, 0.15) is 5.37 Å². The number of rotatable bonds is 5. The van der Waals surface area contributed by atoms with E-state index in [9.17, 15) is 8.42 Å². The molecule has 0 radical (unpaired) electrons. The summed E-state index contributed by atoms with van der Waals surface area (Å²) in [5.41, 5.74) is 0. The summed E-state index contributed by atoms with van der Waals surface area (Å²) in [4.78, 5) is 0. The van der Waals surface area contributed by atoms with Crippen LogP contribution in [0.4, 0.5) is 0 Å².